The molecular weight excluding hydrogens is 356 g/mol. The Labute approximate surface area is 164 Å². The van der Waals surface area contributed by atoms with Crippen molar-refractivity contribution in [2.75, 3.05) is 6.54 Å². The van der Waals surface area contributed by atoms with E-state index in [0.29, 0.717) is 13.1 Å². The van der Waals surface area contributed by atoms with Crippen LogP contribution in [0.2, 0.25) is 0 Å². The summed E-state index contributed by atoms with van der Waals surface area (Å²) in [7, 11) is 0. The number of aliphatic imine (C=N–C) groups is 1. The minimum absolute atomic E-state index is 0.614. The van der Waals surface area contributed by atoms with Crippen LogP contribution in [0, 0.1) is 13.8 Å². The number of nitrogens with zero attached hydrogens (tertiary/aromatic N) is 4. The topological polar surface area (TPSA) is 67.1 Å². The van der Waals surface area contributed by atoms with Crippen LogP contribution >= 0.6 is 11.3 Å². The Hall–Kier alpha value is -2.67. The van der Waals surface area contributed by atoms with Gasteiger partial charge in [0, 0.05) is 23.8 Å². The number of hydrogen-bond donors (Lipinski definition) is 2. The van der Waals surface area contributed by atoms with Crippen molar-refractivity contribution < 1.29 is 0 Å². The molecule has 0 aliphatic carbocycles. The lowest BCUT2D eigenvalue weighted by atomic mass is 10.1. The van der Waals surface area contributed by atoms with Gasteiger partial charge >= 0.3 is 0 Å². The maximum atomic E-state index is 4.76. The molecule has 0 atom stereocenters. The second kappa shape index (κ2) is 9.32. The second-order valence-corrected chi connectivity index (χ2v) is 7.56. The van der Waals surface area contributed by atoms with E-state index in [1.165, 1.54) is 16.0 Å². The minimum atomic E-state index is 0.614. The molecule has 0 radical (unpaired) electrons. The number of thiazole rings is 1. The lowest BCUT2D eigenvalue weighted by Crippen LogP contribution is -2.36. The maximum Gasteiger partial charge on any atom is 0.191 e. The first-order valence-electron chi connectivity index (χ1n) is 9.15. The van der Waals surface area contributed by atoms with Crippen molar-refractivity contribution in [2.45, 2.75) is 40.4 Å². The Bertz CT molecular complexity index is 862. The van der Waals surface area contributed by atoms with Gasteiger partial charge in [-0.05, 0) is 38.0 Å². The zero-order valence-corrected chi connectivity index (χ0v) is 16.9. The van der Waals surface area contributed by atoms with E-state index in [9.17, 15) is 0 Å². The molecule has 142 valence electrons. The van der Waals surface area contributed by atoms with Crippen LogP contribution in [0.15, 0.2) is 47.7 Å². The van der Waals surface area contributed by atoms with E-state index in [1.54, 1.807) is 17.5 Å². The molecule has 7 heteroatoms. The monoisotopic (exact) mass is 382 g/mol. The maximum absolute atomic E-state index is 4.76. The Morgan fingerprint density at radius 2 is 1.96 bits per heavy atom. The average Bonchev–Trinajstić information content (AvgIpc) is 3.28. The van der Waals surface area contributed by atoms with E-state index in [1.807, 2.05) is 23.9 Å². The van der Waals surface area contributed by atoms with Crippen molar-refractivity contribution in [1.82, 2.24) is 25.4 Å². The first kappa shape index (κ1) is 19.1. The molecule has 3 rings (SSSR count). The summed E-state index contributed by atoms with van der Waals surface area (Å²) >= 11 is 1.73. The molecule has 2 heterocycles. The van der Waals surface area contributed by atoms with Crippen molar-refractivity contribution in [2.24, 2.45) is 4.99 Å². The molecule has 0 spiro atoms. The quantitative estimate of drug-likeness (QED) is 0.486. The van der Waals surface area contributed by atoms with Crippen molar-refractivity contribution >= 4 is 17.3 Å². The number of rotatable bonds is 7. The van der Waals surface area contributed by atoms with Crippen molar-refractivity contribution in [3.8, 4) is 0 Å². The van der Waals surface area contributed by atoms with Gasteiger partial charge in [-0.15, -0.1) is 11.3 Å². The van der Waals surface area contributed by atoms with Crippen molar-refractivity contribution in [3.63, 3.8) is 0 Å². The fourth-order valence-electron chi connectivity index (χ4n) is 2.71. The largest absolute Gasteiger partial charge is 0.357 e. The zero-order valence-electron chi connectivity index (χ0n) is 16.1. The third-order valence-corrected chi connectivity index (χ3v) is 5.31. The molecule has 0 aliphatic rings. The Kier molecular flexibility index (Phi) is 6.59. The summed E-state index contributed by atoms with van der Waals surface area (Å²) in [6, 6.07) is 10.3. The van der Waals surface area contributed by atoms with E-state index in [0.717, 1.165) is 29.8 Å². The second-order valence-electron chi connectivity index (χ2n) is 6.27. The SMILES string of the molecule is CCNC(=NCc1ccccc1Cn1cccn1)NCc1nc(C)c(C)s1. The Morgan fingerprint density at radius 3 is 2.63 bits per heavy atom. The summed E-state index contributed by atoms with van der Waals surface area (Å²) < 4.78 is 1.93. The van der Waals surface area contributed by atoms with E-state index in [4.69, 9.17) is 4.99 Å². The van der Waals surface area contributed by atoms with Gasteiger partial charge in [0.2, 0.25) is 0 Å². The van der Waals surface area contributed by atoms with Gasteiger partial charge in [-0.3, -0.25) is 4.68 Å². The summed E-state index contributed by atoms with van der Waals surface area (Å²) in [6.45, 7) is 9.08. The van der Waals surface area contributed by atoms with Gasteiger partial charge in [-0.2, -0.15) is 5.10 Å². The average molecular weight is 383 g/mol. The van der Waals surface area contributed by atoms with Crippen LogP contribution in [0.3, 0.4) is 0 Å². The highest BCUT2D eigenvalue weighted by molar-refractivity contribution is 7.11. The molecule has 0 bridgehead atoms. The van der Waals surface area contributed by atoms with E-state index in [-0.39, 0.29) is 0 Å². The van der Waals surface area contributed by atoms with Gasteiger partial charge in [-0.1, -0.05) is 24.3 Å². The number of nitrogens with one attached hydrogen (secondary N) is 2. The van der Waals surface area contributed by atoms with Gasteiger partial charge in [0.25, 0.3) is 0 Å². The van der Waals surface area contributed by atoms with E-state index < -0.39 is 0 Å². The van der Waals surface area contributed by atoms with Crippen LogP contribution in [0.5, 0.6) is 0 Å². The molecule has 0 amide bonds. The van der Waals surface area contributed by atoms with Crippen LogP contribution in [0.25, 0.3) is 0 Å². The van der Waals surface area contributed by atoms with Gasteiger partial charge in [0.05, 0.1) is 25.3 Å². The Morgan fingerprint density at radius 1 is 1.15 bits per heavy atom. The first-order chi connectivity index (χ1) is 13.2. The molecule has 0 unspecified atom stereocenters. The standard InChI is InChI=1S/C20H26N6S/c1-4-21-20(23-13-19-25-15(2)16(3)27-19)22-12-17-8-5-6-9-18(17)14-26-11-7-10-24-26/h5-11H,4,12-14H2,1-3H3,(H2,21,22,23). The molecule has 27 heavy (non-hydrogen) atoms. The fraction of sp³-hybridized carbons (Fsp3) is 0.350. The highest BCUT2D eigenvalue weighted by Gasteiger charge is 2.06. The van der Waals surface area contributed by atoms with Crippen LogP contribution in [0.1, 0.15) is 33.6 Å². The number of aryl methyl sites for hydroxylation is 2. The zero-order chi connectivity index (χ0) is 19.1. The molecule has 0 saturated heterocycles. The summed E-state index contributed by atoms with van der Waals surface area (Å²) in [5.74, 6) is 0.803. The minimum Gasteiger partial charge on any atom is -0.357 e. The van der Waals surface area contributed by atoms with Gasteiger partial charge in [-0.25, -0.2) is 9.98 Å². The van der Waals surface area contributed by atoms with E-state index in [2.05, 4.69) is 58.8 Å². The first-order valence-corrected chi connectivity index (χ1v) is 9.96. The predicted octanol–water partition coefficient (Wildman–Crippen LogP) is 3.26. The highest BCUT2D eigenvalue weighted by atomic mass is 32.1. The number of guanidine groups is 1. The third kappa shape index (κ3) is 5.40. The van der Waals surface area contributed by atoms with E-state index >= 15 is 0 Å². The highest BCUT2D eigenvalue weighted by Crippen LogP contribution is 2.16. The number of benzene rings is 1. The summed E-state index contributed by atoms with van der Waals surface area (Å²) in [6.07, 6.45) is 3.78. The summed E-state index contributed by atoms with van der Waals surface area (Å²) in [5.41, 5.74) is 3.53. The fourth-order valence-corrected chi connectivity index (χ4v) is 3.59. The molecule has 6 nitrogen and oxygen atoms in total. The molecule has 1 aromatic carbocycles. The van der Waals surface area contributed by atoms with Crippen molar-refractivity contribution in [3.05, 3.63) is 69.4 Å². The summed E-state index contributed by atoms with van der Waals surface area (Å²) in [4.78, 5) is 10.6. The lowest BCUT2D eigenvalue weighted by molar-refractivity contribution is 0.680. The van der Waals surface area contributed by atoms with Gasteiger partial charge < -0.3 is 10.6 Å². The predicted molar refractivity (Wildman–Crippen MR) is 111 cm³/mol. The van der Waals surface area contributed by atoms with Crippen LogP contribution in [0.4, 0.5) is 0 Å². The Balaban J connectivity index is 1.67. The normalized spacial score (nSPS) is 11.6. The molecule has 3 aromatic rings. The summed E-state index contributed by atoms with van der Waals surface area (Å²) in [5, 5.41) is 12.1. The molecular formula is C20H26N6S. The number of aromatic nitrogens is 3. The molecule has 2 aromatic heterocycles. The van der Waals surface area contributed by atoms with Crippen LogP contribution < -0.4 is 10.6 Å². The molecule has 0 fully saturated rings. The van der Waals surface area contributed by atoms with Crippen molar-refractivity contribution in [1.29, 1.82) is 0 Å². The lowest BCUT2D eigenvalue weighted by Gasteiger charge is -2.12. The molecule has 2 N–H and O–H groups in total. The van der Waals surface area contributed by atoms with Gasteiger partial charge in [0.15, 0.2) is 5.96 Å². The smallest absolute Gasteiger partial charge is 0.191 e. The third-order valence-electron chi connectivity index (χ3n) is 4.24. The molecule has 0 aliphatic heterocycles. The van der Waals surface area contributed by atoms with Crippen LogP contribution in [-0.2, 0) is 19.6 Å². The van der Waals surface area contributed by atoms with Gasteiger partial charge in [0.1, 0.15) is 5.01 Å². The molecule has 0 saturated carbocycles. The number of hydrogen-bond acceptors (Lipinski definition) is 4. The van der Waals surface area contributed by atoms with Crippen LogP contribution in [-0.4, -0.2) is 27.3 Å².